The van der Waals surface area contributed by atoms with Crippen LogP contribution in [-0.4, -0.2) is 76.6 Å². The van der Waals surface area contributed by atoms with Gasteiger partial charge in [0.25, 0.3) is 0 Å². The van der Waals surface area contributed by atoms with E-state index in [4.69, 9.17) is 25.8 Å². The number of hydrogen-bond donors (Lipinski definition) is 2. The second kappa shape index (κ2) is 19.8. The number of ether oxygens (including phenoxy) is 3. The molecule has 3 aromatic carbocycles. The molecule has 12 heteroatoms. The Kier molecular flexibility index (Phi) is 14.4. The number of carbonyl (C=O) groups excluding carboxylic acids is 1. The van der Waals surface area contributed by atoms with Crippen molar-refractivity contribution >= 4 is 23.5 Å². The summed E-state index contributed by atoms with van der Waals surface area (Å²) in [4.78, 5) is 32.0. The van der Waals surface area contributed by atoms with Crippen LogP contribution in [-0.2, 0) is 29.3 Å². The molecule has 0 saturated carbocycles. The quantitative estimate of drug-likeness (QED) is 0.108. The van der Waals surface area contributed by atoms with E-state index in [0.29, 0.717) is 48.2 Å². The molecule has 0 spiro atoms. The number of hydrogen-bond acceptors (Lipinski definition) is 9. The van der Waals surface area contributed by atoms with Crippen molar-refractivity contribution in [3.63, 3.8) is 0 Å². The molecule has 1 unspecified atom stereocenters. The summed E-state index contributed by atoms with van der Waals surface area (Å²) in [5, 5.41) is 22.7. The Morgan fingerprint density at radius 1 is 0.895 bits per heavy atom. The van der Waals surface area contributed by atoms with E-state index >= 15 is 0 Å². The summed E-state index contributed by atoms with van der Waals surface area (Å²) < 4.78 is 19.0. The zero-order valence-corrected chi connectivity index (χ0v) is 33.8. The highest BCUT2D eigenvalue weighted by atomic mass is 35.5. The van der Waals surface area contributed by atoms with Crippen LogP contribution in [0, 0.1) is 25.2 Å². The molecule has 2 N–H and O–H groups in total. The van der Waals surface area contributed by atoms with E-state index in [1.54, 1.807) is 31.3 Å². The number of aromatic nitrogens is 1. The van der Waals surface area contributed by atoms with Gasteiger partial charge in [-0.15, -0.1) is 0 Å². The van der Waals surface area contributed by atoms with Gasteiger partial charge in [-0.2, -0.15) is 5.26 Å². The van der Waals surface area contributed by atoms with Gasteiger partial charge in [0.05, 0.1) is 17.2 Å². The largest absolute Gasteiger partial charge is 0.493 e. The second-order valence-corrected chi connectivity index (χ2v) is 15.4. The fourth-order valence-electron chi connectivity index (χ4n) is 7.82. The van der Waals surface area contributed by atoms with Gasteiger partial charge >= 0.3 is 5.97 Å². The van der Waals surface area contributed by atoms with E-state index in [2.05, 4.69) is 47.3 Å². The van der Waals surface area contributed by atoms with Gasteiger partial charge in [0.1, 0.15) is 42.6 Å². The van der Waals surface area contributed by atoms with Crippen LogP contribution in [0.3, 0.4) is 0 Å². The normalized spacial score (nSPS) is 16.4. The first-order valence-corrected chi connectivity index (χ1v) is 20.2. The van der Waals surface area contributed by atoms with Gasteiger partial charge < -0.3 is 29.5 Å². The van der Waals surface area contributed by atoms with Crippen LogP contribution in [0.4, 0.5) is 0 Å². The van der Waals surface area contributed by atoms with Gasteiger partial charge in [-0.25, -0.2) is 0 Å². The molecule has 2 saturated heterocycles. The van der Waals surface area contributed by atoms with Crippen molar-refractivity contribution in [2.75, 3.05) is 32.8 Å². The van der Waals surface area contributed by atoms with Crippen molar-refractivity contribution in [2.45, 2.75) is 91.1 Å². The van der Waals surface area contributed by atoms with E-state index in [0.717, 1.165) is 96.4 Å². The van der Waals surface area contributed by atoms with Crippen molar-refractivity contribution in [1.82, 2.24) is 20.1 Å². The van der Waals surface area contributed by atoms with Crippen molar-refractivity contribution in [3.05, 3.63) is 105 Å². The monoisotopic (exact) mass is 793 g/mol. The number of nitriles is 1. The van der Waals surface area contributed by atoms with Crippen LogP contribution < -0.4 is 19.5 Å². The van der Waals surface area contributed by atoms with Crippen molar-refractivity contribution in [3.8, 4) is 34.4 Å². The average Bonchev–Trinajstić information content (AvgIpc) is 3.20. The molecular formula is C45H52ClN5O6. The molecule has 0 bridgehead atoms. The van der Waals surface area contributed by atoms with Crippen molar-refractivity contribution in [1.29, 1.82) is 5.26 Å². The summed E-state index contributed by atoms with van der Waals surface area (Å²) in [6.07, 6.45) is 8.41. The number of rotatable bonds is 16. The highest BCUT2D eigenvalue weighted by Gasteiger charge is 2.29. The number of halogens is 1. The minimum Gasteiger partial charge on any atom is -0.493 e. The zero-order valence-electron chi connectivity index (χ0n) is 33.1. The van der Waals surface area contributed by atoms with Crippen LogP contribution in [0.5, 0.6) is 17.2 Å². The Labute approximate surface area is 340 Å². The molecule has 11 nitrogen and oxygen atoms in total. The lowest BCUT2D eigenvalue weighted by atomic mass is 9.93. The van der Waals surface area contributed by atoms with Gasteiger partial charge in [-0.05, 0) is 98.5 Å². The predicted octanol–water partition coefficient (Wildman–Crippen LogP) is 7.86. The fourth-order valence-corrected chi connectivity index (χ4v) is 8.06. The van der Waals surface area contributed by atoms with Gasteiger partial charge in [-0.3, -0.25) is 19.5 Å². The number of carboxylic acids is 1. The van der Waals surface area contributed by atoms with Gasteiger partial charge in [0, 0.05) is 68.7 Å². The van der Waals surface area contributed by atoms with Crippen LogP contribution in [0.25, 0.3) is 11.1 Å². The number of nitrogens with one attached hydrogen (secondary N) is 1. The maximum absolute atomic E-state index is 12.1. The minimum absolute atomic E-state index is 0.0423. The van der Waals surface area contributed by atoms with Crippen LogP contribution in [0.15, 0.2) is 67.0 Å². The molecule has 1 amide bonds. The Morgan fingerprint density at radius 3 is 2.40 bits per heavy atom. The highest BCUT2D eigenvalue weighted by molar-refractivity contribution is 6.32. The summed E-state index contributed by atoms with van der Waals surface area (Å²) in [6, 6.07) is 19.5. The molecule has 300 valence electrons. The van der Waals surface area contributed by atoms with Crippen LogP contribution in [0.1, 0.15) is 78.8 Å². The number of pyridine rings is 1. The number of piperidine rings is 2. The maximum Gasteiger partial charge on any atom is 0.320 e. The summed E-state index contributed by atoms with van der Waals surface area (Å²) in [5.74, 6) is 1.04. The van der Waals surface area contributed by atoms with E-state index in [-0.39, 0.29) is 25.2 Å². The first kappa shape index (κ1) is 41.5. The Morgan fingerprint density at radius 2 is 1.65 bits per heavy atom. The predicted molar refractivity (Wildman–Crippen MR) is 219 cm³/mol. The molecule has 3 heterocycles. The number of amides is 1. The molecule has 57 heavy (non-hydrogen) atoms. The van der Waals surface area contributed by atoms with Crippen molar-refractivity contribution in [2.24, 2.45) is 0 Å². The maximum atomic E-state index is 12.1. The molecule has 0 aliphatic carbocycles. The zero-order chi connectivity index (χ0) is 40.3. The van der Waals surface area contributed by atoms with Crippen LogP contribution >= 0.6 is 11.6 Å². The smallest absolute Gasteiger partial charge is 0.320 e. The third-order valence-corrected chi connectivity index (χ3v) is 11.3. The fraction of sp³-hybridized carbons (Fsp3) is 0.422. The topological polar surface area (TPSA) is 137 Å². The average molecular weight is 794 g/mol. The highest BCUT2D eigenvalue weighted by Crippen LogP contribution is 2.37. The summed E-state index contributed by atoms with van der Waals surface area (Å²) >= 11 is 6.87. The lowest BCUT2D eigenvalue weighted by Crippen LogP contribution is -2.44. The first-order valence-electron chi connectivity index (χ1n) is 19.8. The van der Waals surface area contributed by atoms with Crippen LogP contribution in [0.2, 0.25) is 5.02 Å². The molecule has 1 atom stereocenters. The standard InChI is InChI=1S/C45H52ClN5O6/c1-30-35(9-6-10-38(30)39-11-7-13-42(31(39)2)55-20-8-16-50-18-14-37(15-19-50)49-32(3)52)29-57-44-23-43(56-28-34-21-33(24-47)25-48-26-34)36(22-40(44)46)27-51-17-5-4-12-41(51)45(53)54/h6-7,9-11,13,21-23,25-26,37,41H,4-5,8,12,14-20,27-29H2,1-3H3,(H,49,52)(H,53,54). The lowest BCUT2D eigenvalue weighted by molar-refractivity contribution is -0.144. The van der Waals surface area contributed by atoms with Gasteiger partial charge in [-0.1, -0.05) is 48.4 Å². The van der Waals surface area contributed by atoms with E-state index < -0.39 is 12.0 Å². The Balaban J connectivity index is 1.13. The SMILES string of the molecule is CC(=O)NC1CCN(CCCOc2cccc(-c3cccc(COc4cc(OCc5cncc(C#N)c5)c(CN5CCCCC5C(=O)O)cc4Cl)c3C)c2C)CC1. The van der Waals surface area contributed by atoms with E-state index in [1.165, 1.54) is 6.20 Å². The number of carbonyl (C=O) groups is 2. The number of nitrogens with zero attached hydrogens (tertiary/aromatic N) is 4. The molecule has 4 aromatic rings. The van der Waals surface area contributed by atoms with E-state index in [1.807, 2.05) is 29.2 Å². The molecular weight excluding hydrogens is 742 g/mol. The number of aliphatic carboxylic acids is 1. The summed E-state index contributed by atoms with van der Waals surface area (Å²) in [7, 11) is 0. The van der Waals surface area contributed by atoms with Gasteiger partial charge in [0.15, 0.2) is 0 Å². The molecule has 6 rings (SSSR count). The summed E-state index contributed by atoms with van der Waals surface area (Å²) in [6.45, 7) is 10.7. The summed E-state index contributed by atoms with van der Waals surface area (Å²) in [5.41, 5.74) is 7.26. The molecule has 2 aliphatic rings. The lowest BCUT2D eigenvalue weighted by Gasteiger charge is -2.33. The molecule has 2 aliphatic heterocycles. The van der Waals surface area contributed by atoms with Gasteiger partial charge in [0.2, 0.25) is 5.91 Å². The Bertz CT molecular complexity index is 2080. The third kappa shape index (κ3) is 11.0. The Hall–Kier alpha value is -5.15. The first-order chi connectivity index (χ1) is 27.6. The molecule has 0 radical (unpaired) electrons. The minimum atomic E-state index is -0.835. The molecule has 1 aromatic heterocycles. The van der Waals surface area contributed by atoms with Crippen molar-refractivity contribution < 1.29 is 28.9 Å². The van der Waals surface area contributed by atoms with E-state index in [9.17, 15) is 20.0 Å². The number of carboxylic acid groups (broad SMARTS) is 1. The third-order valence-electron chi connectivity index (χ3n) is 11.0. The molecule has 2 fully saturated rings. The number of likely N-dealkylation sites (tertiary alicyclic amines) is 2. The number of benzene rings is 3. The second-order valence-electron chi connectivity index (χ2n) is 15.0.